The molecule has 1 saturated heterocycles. The van der Waals surface area contributed by atoms with Gasteiger partial charge in [-0.3, -0.25) is 4.79 Å². The molecule has 1 aliphatic heterocycles. The highest BCUT2D eigenvalue weighted by Gasteiger charge is 2.34. The van der Waals surface area contributed by atoms with E-state index in [0.29, 0.717) is 35.1 Å². The number of benzene rings is 1. The number of aromatic nitrogens is 3. The van der Waals surface area contributed by atoms with Crippen molar-refractivity contribution in [2.75, 3.05) is 13.1 Å². The number of aliphatic hydroxyl groups excluding tert-OH is 1. The Morgan fingerprint density at radius 2 is 2.08 bits per heavy atom. The van der Waals surface area contributed by atoms with E-state index in [9.17, 15) is 9.90 Å². The van der Waals surface area contributed by atoms with Crippen molar-refractivity contribution in [1.29, 1.82) is 0 Å². The van der Waals surface area contributed by atoms with Crippen molar-refractivity contribution in [3.8, 4) is 5.75 Å². The van der Waals surface area contributed by atoms with E-state index < -0.39 is 6.10 Å². The summed E-state index contributed by atoms with van der Waals surface area (Å²) >= 11 is 6.05. The molecule has 1 amide bonds. The van der Waals surface area contributed by atoms with Crippen molar-refractivity contribution in [3.63, 3.8) is 0 Å². The van der Waals surface area contributed by atoms with E-state index >= 15 is 0 Å². The predicted octanol–water partition coefficient (Wildman–Crippen LogP) is 2.47. The van der Waals surface area contributed by atoms with Gasteiger partial charge >= 0.3 is 0 Å². The number of hydrogen-bond donors (Lipinski definition) is 1. The first-order valence-corrected chi connectivity index (χ1v) is 8.58. The molecule has 0 aliphatic carbocycles. The standard InChI is InChI=1S/C17H21ClN4O3/c1-10(2)25-16-5-4-12(18)6-14(16)17(24)21-7-13(8-21)22-9-15(11(3)23)19-20-22/h4-6,9-11,13,23H,7-8H2,1-3H3. The summed E-state index contributed by atoms with van der Waals surface area (Å²) in [6.07, 6.45) is 1.02. The van der Waals surface area contributed by atoms with E-state index in [1.807, 2.05) is 13.8 Å². The second-order valence-electron chi connectivity index (χ2n) is 6.47. The SMILES string of the molecule is CC(C)Oc1ccc(Cl)cc1C(=O)N1CC(n2cc(C(C)O)nn2)C1. The molecule has 7 nitrogen and oxygen atoms in total. The van der Waals surface area contributed by atoms with Gasteiger partial charge in [-0.05, 0) is 39.0 Å². The fraction of sp³-hybridized carbons (Fsp3) is 0.471. The fourth-order valence-electron chi connectivity index (χ4n) is 2.65. The zero-order valence-corrected chi connectivity index (χ0v) is 15.1. The largest absolute Gasteiger partial charge is 0.490 e. The van der Waals surface area contributed by atoms with Crippen molar-refractivity contribution in [1.82, 2.24) is 19.9 Å². The van der Waals surface area contributed by atoms with Gasteiger partial charge in [-0.2, -0.15) is 0 Å². The van der Waals surface area contributed by atoms with Gasteiger partial charge in [0.15, 0.2) is 0 Å². The summed E-state index contributed by atoms with van der Waals surface area (Å²) in [6.45, 7) is 6.50. The lowest BCUT2D eigenvalue weighted by atomic mass is 10.1. The van der Waals surface area contributed by atoms with E-state index in [-0.39, 0.29) is 18.1 Å². The summed E-state index contributed by atoms with van der Waals surface area (Å²) < 4.78 is 7.41. The molecule has 3 rings (SSSR count). The number of carbonyl (C=O) groups excluding carboxylic acids is 1. The molecular weight excluding hydrogens is 344 g/mol. The molecular formula is C17H21ClN4O3. The molecule has 1 N–H and O–H groups in total. The maximum atomic E-state index is 12.8. The lowest BCUT2D eigenvalue weighted by Gasteiger charge is -2.39. The third kappa shape index (κ3) is 3.77. The molecule has 1 aromatic carbocycles. The molecule has 1 atom stereocenters. The minimum absolute atomic E-state index is 0.0362. The summed E-state index contributed by atoms with van der Waals surface area (Å²) in [5.74, 6) is 0.412. The number of rotatable bonds is 5. The number of carbonyl (C=O) groups is 1. The van der Waals surface area contributed by atoms with Crippen LogP contribution >= 0.6 is 11.6 Å². The van der Waals surface area contributed by atoms with Gasteiger partial charge in [-0.1, -0.05) is 16.8 Å². The highest BCUT2D eigenvalue weighted by atomic mass is 35.5. The van der Waals surface area contributed by atoms with E-state index in [4.69, 9.17) is 16.3 Å². The fourth-order valence-corrected chi connectivity index (χ4v) is 2.82. The quantitative estimate of drug-likeness (QED) is 0.881. The predicted molar refractivity (Wildman–Crippen MR) is 92.8 cm³/mol. The minimum Gasteiger partial charge on any atom is -0.490 e. The lowest BCUT2D eigenvalue weighted by Crippen LogP contribution is -2.51. The minimum atomic E-state index is -0.659. The van der Waals surface area contributed by atoms with Crippen molar-refractivity contribution in [3.05, 3.63) is 40.7 Å². The number of nitrogens with zero attached hydrogens (tertiary/aromatic N) is 4. The van der Waals surface area contributed by atoms with Crippen LogP contribution in [0.15, 0.2) is 24.4 Å². The third-order valence-corrected chi connectivity index (χ3v) is 4.25. The Labute approximate surface area is 151 Å². The molecule has 1 aliphatic rings. The summed E-state index contributed by atoms with van der Waals surface area (Å²) in [6, 6.07) is 5.12. The molecule has 2 aromatic rings. The molecule has 1 unspecified atom stereocenters. The molecule has 8 heteroatoms. The maximum absolute atomic E-state index is 12.8. The number of amides is 1. The van der Waals surface area contributed by atoms with E-state index in [0.717, 1.165) is 0 Å². The van der Waals surface area contributed by atoms with Gasteiger partial charge in [-0.15, -0.1) is 5.10 Å². The van der Waals surface area contributed by atoms with Crippen LogP contribution in [0.25, 0.3) is 0 Å². The van der Waals surface area contributed by atoms with Crippen LogP contribution in [0.1, 0.15) is 49.0 Å². The zero-order chi connectivity index (χ0) is 18.1. The first kappa shape index (κ1) is 17.7. The van der Waals surface area contributed by atoms with Crippen LogP contribution < -0.4 is 4.74 Å². The normalized spacial score (nSPS) is 16.0. The van der Waals surface area contributed by atoms with Crippen LogP contribution in [0, 0.1) is 0 Å². The van der Waals surface area contributed by atoms with Crippen molar-refractivity contribution in [2.24, 2.45) is 0 Å². The van der Waals surface area contributed by atoms with Crippen molar-refractivity contribution >= 4 is 17.5 Å². The zero-order valence-electron chi connectivity index (χ0n) is 14.4. The first-order chi connectivity index (χ1) is 11.8. The summed E-state index contributed by atoms with van der Waals surface area (Å²) in [7, 11) is 0. The van der Waals surface area contributed by atoms with Gasteiger partial charge in [0, 0.05) is 18.1 Å². The third-order valence-electron chi connectivity index (χ3n) is 4.01. The van der Waals surface area contributed by atoms with Gasteiger partial charge in [-0.25, -0.2) is 4.68 Å². The Balaban J connectivity index is 1.70. The van der Waals surface area contributed by atoms with E-state index in [1.165, 1.54) is 0 Å². The lowest BCUT2D eigenvalue weighted by molar-refractivity contribution is 0.0492. The van der Waals surface area contributed by atoms with Gasteiger partial charge < -0.3 is 14.7 Å². The smallest absolute Gasteiger partial charge is 0.257 e. The topological polar surface area (TPSA) is 80.5 Å². The molecule has 0 spiro atoms. The maximum Gasteiger partial charge on any atom is 0.257 e. The van der Waals surface area contributed by atoms with Crippen molar-refractivity contribution < 1.29 is 14.6 Å². The molecule has 1 aromatic heterocycles. The molecule has 2 heterocycles. The molecule has 1 fully saturated rings. The molecule has 0 radical (unpaired) electrons. The summed E-state index contributed by atoms with van der Waals surface area (Å²) in [5.41, 5.74) is 0.982. The van der Waals surface area contributed by atoms with Crippen LogP contribution in [0.3, 0.4) is 0 Å². The summed E-state index contributed by atoms with van der Waals surface area (Å²) in [5, 5.41) is 18.0. The monoisotopic (exact) mass is 364 g/mol. The van der Waals surface area contributed by atoms with Gasteiger partial charge in [0.05, 0.1) is 30.0 Å². The van der Waals surface area contributed by atoms with E-state index in [1.54, 1.807) is 40.9 Å². The first-order valence-electron chi connectivity index (χ1n) is 8.20. The number of ether oxygens (including phenoxy) is 1. The second kappa shape index (κ2) is 7.01. The Hall–Kier alpha value is -2.12. The molecule has 0 saturated carbocycles. The molecule has 25 heavy (non-hydrogen) atoms. The molecule has 134 valence electrons. The summed E-state index contributed by atoms with van der Waals surface area (Å²) in [4.78, 5) is 14.5. The van der Waals surface area contributed by atoms with Gasteiger partial charge in [0.1, 0.15) is 11.4 Å². The van der Waals surface area contributed by atoms with Crippen LogP contribution in [0.5, 0.6) is 5.75 Å². The number of halogens is 1. The average Bonchev–Trinajstić information content (AvgIpc) is 2.96. The Kier molecular flexibility index (Phi) is 4.96. The van der Waals surface area contributed by atoms with Crippen LogP contribution in [-0.4, -0.2) is 50.1 Å². The van der Waals surface area contributed by atoms with Crippen molar-refractivity contribution in [2.45, 2.75) is 39.0 Å². The number of hydrogen-bond acceptors (Lipinski definition) is 5. The number of likely N-dealkylation sites (tertiary alicyclic amines) is 1. The Morgan fingerprint density at radius 3 is 2.68 bits per heavy atom. The van der Waals surface area contributed by atoms with Gasteiger partial charge in [0.2, 0.25) is 0 Å². The average molecular weight is 365 g/mol. The number of aliphatic hydroxyl groups is 1. The van der Waals surface area contributed by atoms with E-state index in [2.05, 4.69) is 10.3 Å². The Bertz CT molecular complexity index is 769. The highest BCUT2D eigenvalue weighted by Crippen LogP contribution is 2.29. The second-order valence-corrected chi connectivity index (χ2v) is 6.91. The molecule has 0 bridgehead atoms. The van der Waals surface area contributed by atoms with Crippen LogP contribution in [0.2, 0.25) is 5.02 Å². The van der Waals surface area contributed by atoms with Gasteiger partial charge in [0.25, 0.3) is 5.91 Å². The van der Waals surface area contributed by atoms with Crippen LogP contribution in [0.4, 0.5) is 0 Å². The Morgan fingerprint density at radius 1 is 1.36 bits per heavy atom. The van der Waals surface area contributed by atoms with Crippen LogP contribution in [-0.2, 0) is 0 Å². The highest BCUT2D eigenvalue weighted by molar-refractivity contribution is 6.31.